The van der Waals surface area contributed by atoms with Crippen LogP contribution in [0.15, 0.2) is 0 Å². The molecule has 0 aromatic carbocycles. The Morgan fingerprint density at radius 3 is 1.88 bits per heavy atom. The molecule has 8 heteroatoms. The number of aliphatic hydroxyl groups excluding tert-OH is 2. The van der Waals surface area contributed by atoms with E-state index in [4.69, 9.17) is 9.47 Å². The standard InChI is InChI=1S/C17H30N2O6/c1-15(2,3)24-13(22)18-9-17(10-18)7-11(20)12(21)8-19(17)14(23)25-16(4,5)6/h11-12,20-21H,7-10H2,1-6H3/t11-,12+/m0/s1. The Hall–Kier alpha value is -1.54. The van der Waals surface area contributed by atoms with Gasteiger partial charge in [0.2, 0.25) is 0 Å². The third-order valence-electron chi connectivity index (χ3n) is 4.21. The SMILES string of the molecule is CC(C)(C)OC(=O)N1CC2(C[C@H](O)[C@H](O)CN2C(=O)OC(C)(C)C)C1. The van der Waals surface area contributed by atoms with Crippen LogP contribution in [-0.2, 0) is 9.47 Å². The van der Waals surface area contributed by atoms with Crippen molar-refractivity contribution in [3.05, 3.63) is 0 Å². The largest absolute Gasteiger partial charge is 0.444 e. The number of likely N-dealkylation sites (tertiary alicyclic amines) is 2. The summed E-state index contributed by atoms with van der Waals surface area (Å²) in [7, 11) is 0. The summed E-state index contributed by atoms with van der Waals surface area (Å²) in [6.07, 6.45) is -2.80. The average molecular weight is 358 g/mol. The van der Waals surface area contributed by atoms with Crippen molar-refractivity contribution >= 4 is 12.2 Å². The normalized spacial score (nSPS) is 26.2. The van der Waals surface area contributed by atoms with Crippen molar-refractivity contribution in [3.63, 3.8) is 0 Å². The molecule has 0 aliphatic carbocycles. The Morgan fingerprint density at radius 2 is 1.40 bits per heavy atom. The van der Waals surface area contributed by atoms with Crippen LogP contribution in [0.3, 0.4) is 0 Å². The lowest BCUT2D eigenvalue weighted by Gasteiger charge is -2.58. The molecule has 0 aromatic heterocycles. The monoisotopic (exact) mass is 358 g/mol. The zero-order valence-electron chi connectivity index (χ0n) is 15.9. The van der Waals surface area contributed by atoms with Crippen LogP contribution >= 0.6 is 0 Å². The summed E-state index contributed by atoms with van der Waals surface area (Å²) in [5.74, 6) is 0. The van der Waals surface area contributed by atoms with E-state index in [1.165, 1.54) is 9.80 Å². The quantitative estimate of drug-likeness (QED) is 0.678. The molecule has 2 heterocycles. The molecule has 2 aliphatic heterocycles. The predicted molar refractivity (Wildman–Crippen MR) is 90.1 cm³/mol. The van der Waals surface area contributed by atoms with Crippen molar-refractivity contribution in [2.24, 2.45) is 0 Å². The number of ether oxygens (including phenoxy) is 2. The molecule has 0 aromatic rings. The Balaban J connectivity index is 2.11. The number of amides is 2. The lowest BCUT2D eigenvalue weighted by molar-refractivity contribution is -0.141. The van der Waals surface area contributed by atoms with Crippen molar-refractivity contribution in [2.75, 3.05) is 19.6 Å². The van der Waals surface area contributed by atoms with E-state index in [0.717, 1.165) is 0 Å². The summed E-state index contributed by atoms with van der Waals surface area (Å²) in [4.78, 5) is 27.7. The molecule has 8 nitrogen and oxygen atoms in total. The van der Waals surface area contributed by atoms with Gasteiger partial charge in [0.25, 0.3) is 0 Å². The van der Waals surface area contributed by atoms with Crippen LogP contribution in [0, 0.1) is 0 Å². The second-order valence-corrected chi connectivity index (χ2v) is 8.99. The molecule has 0 unspecified atom stereocenters. The van der Waals surface area contributed by atoms with Crippen LogP contribution in [0.25, 0.3) is 0 Å². The first-order chi connectivity index (χ1) is 11.2. The number of β-amino-alcohol motifs (C(OH)–C–C–N with tert-alkyl or cyclic N) is 1. The van der Waals surface area contributed by atoms with Gasteiger partial charge in [-0.25, -0.2) is 9.59 Å². The topological polar surface area (TPSA) is 99.5 Å². The van der Waals surface area contributed by atoms with Gasteiger partial charge in [-0.3, -0.25) is 4.90 Å². The molecule has 25 heavy (non-hydrogen) atoms. The van der Waals surface area contributed by atoms with Gasteiger partial charge in [0.1, 0.15) is 11.2 Å². The predicted octanol–water partition coefficient (Wildman–Crippen LogP) is 1.34. The van der Waals surface area contributed by atoms with Gasteiger partial charge in [-0.05, 0) is 41.5 Å². The van der Waals surface area contributed by atoms with Crippen LogP contribution in [0.5, 0.6) is 0 Å². The third-order valence-corrected chi connectivity index (χ3v) is 4.21. The van der Waals surface area contributed by atoms with Gasteiger partial charge in [0.15, 0.2) is 0 Å². The minimum atomic E-state index is -1.03. The Bertz CT molecular complexity index is 530. The van der Waals surface area contributed by atoms with Crippen LogP contribution in [0.1, 0.15) is 48.0 Å². The first kappa shape index (κ1) is 19.8. The smallest absolute Gasteiger partial charge is 0.410 e. The third kappa shape index (κ3) is 4.55. The lowest BCUT2D eigenvalue weighted by atomic mass is 9.78. The summed E-state index contributed by atoms with van der Waals surface area (Å²) in [6.45, 7) is 11.1. The fourth-order valence-electron chi connectivity index (χ4n) is 3.14. The molecule has 0 radical (unpaired) electrons. The molecule has 2 N–H and O–H groups in total. The molecule has 2 saturated heterocycles. The second-order valence-electron chi connectivity index (χ2n) is 8.99. The van der Waals surface area contributed by atoms with E-state index in [1.54, 1.807) is 41.5 Å². The summed E-state index contributed by atoms with van der Waals surface area (Å²) in [5, 5.41) is 20.0. The summed E-state index contributed by atoms with van der Waals surface area (Å²) in [5.41, 5.74) is -2.02. The maximum atomic E-state index is 12.6. The minimum Gasteiger partial charge on any atom is -0.444 e. The second kappa shape index (κ2) is 6.32. The minimum absolute atomic E-state index is 0.0295. The number of piperidine rings is 1. The molecule has 2 fully saturated rings. The molecular formula is C17H30N2O6. The Labute approximate surface area is 148 Å². The highest BCUT2D eigenvalue weighted by molar-refractivity contribution is 5.73. The first-order valence-electron chi connectivity index (χ1n) is 8.57. The van der Waals surface area contributed by atoms with Crippen molar-refractivity contribution in [3.8, 4) is 0 Å². The molecular weight excluding hydrogens is 328 g/mol. The van der Waals surface area contributed by atoms with Gasteiger partial charge in [-0.2, -0.15) is 0 Å². The highest BCUT2D eigenvalue weighted by Crippen LogP contribution is 2.38. The first-order valence-corrected chi connectivity index (χ1v) is 8.57. The fourth-order valence-corrected chi connectivity index (χ4v) is 3.14. The summed E-state index contributed by atoms with van der Waals surface area (Å²) >= 11 is 0. The van der Waals surface area contributed by atoms with Crippen molar-refractivity contribution in [2.45, 2.75) is 76.9 Å². The van der Waals surface area contributed by atoms with Gasteiger partial charge in [-0.15, -0.1) is 0 Å². The zero-order chi connectivity index (χ0) is 19.2. The molecule has 0 bridgehead atoms. The number of aliphatic hydroxyl groups is 2. The molecule has 0 saturated carbocycles. The Kier molecular flexibility index (Phi) is 5.00. The number of carbonyl (C=O) groups is 2. The van der Waals surface area contributed by atoms with Crippen LogP contribution < -0.4 is 0 Å². The van der Waals surface area contributed by atoms with E-state index < -0.39 is 41.1 Å². The van der Waals surface area contributed by atoms with Crippen molar-refractivity contribution < 1.29 is 29.3 Å². The van der Waals surface area contributed by atoms with Crippen LogP contribution in [-0.4, -0.2) is 80.8 Å². The van der Waals surface area contributed by atoms with Gasteiger partial charge < -0.3 is 24.6 Å². The molecule has 144 valence electrons. The number of hydrogen-bond acceptors (Lipinski definition) is 6. The van der Waals surface area contributed by atoms with Crippen LogP contribution in [0.2, 0.25) is 0 Å². The highest BCUT2D eigenvalue weighted by Gasteiger charge is 2.57. The van der Waals surface area contributed by atoms with Gasteiger partial charge in [0, 0.05) is 19.5 Å². The maximum absolute atomic E-state index is 12.6. The molecule has 2 rings (SSSR count). The summed E-state index contributed by atoms with van der Waals surface area (Å²) < 4.78 is 10.8. The number of rotatable bonds is 0. The van der Waals surface area contributed by atoms with E-state index in [0.29, 0.717) is 0 Å². The highest BCUT2D eigenvalue weighted by atomic mass is 16.6. The summed E-state index contributed by atoms with van der Waals surface area (Å²) in [6, 6.07) is 0. The number of nitrogens with zero attached hydrogens (tertiary/aromatic N) is 2. The molecule has 1 spiro atoms. The molecule has 2 aliphatic rings. The van der Waals surface area contributed by atoms with E-state index in [9.17, 15) is 19.8 Å². The van der Waals surface area contributed by atoms with Gasteiger partial charge in [-0.1, -0.05) is 0 Å². The van der Waals surface area contributed by atoms with E-state index in [1.807, 2.05) is 0 Å². The lowest BCUT2D eigenvalue weighted by Crippen LogP contribution is -2.77. The van der Waals surface area contributed by atoms with Crippen molar-refractivity contribution in [1.29, 1.82) is 0 Å². The fraction of sp³-hybridized carbons (Fsp3) is 0.882. The van der Waals surface area contributed by atoms with E-state index in [2.05, 4.69) is 0 Å². The van der Waals surface area contributed by atoms with Crippen molar-refractivity contribution in [1.82, 2.24) is 9.80 Å². The number of hydrogen-bond donors (Lipinski definition) is 2. The van der Waals surface area contributed by atoms with E-state index in [-0.39, 0.29) is 26.1 Å². The van der Waals surface area contributed by atoms with E-state index >= 15 is 0 Å². The van der Waals surface area contributed by atoms with Gasteiger partial charge in [0.05, 0.1) is 24.3 Å². The molecule has 2 atom stereocenters. The Morgan fingerprint density at radius 1 is 0.920 bits per heavy atom. The van der Waals surface area contributed by atoms with Crippen LogP contribution in [0.4, 0.5) is 9.59 Å². The van der Waals surface area contributed by atoms with Gasteiger partial charge >= 0.3 is 12.2 Å². The maximum Gasteiger partial charge on any atom is 0.410 e. The number of carbonyl (C=O) groups excluding carboxylic acids is 2. The zero-order valence-corrected chi connectivity index (χ0v) is 15.9. The molecule has 2 amide bonds. The average Bonchev–Trinajstić information content (AvgIpc) is 2.34.